The highest BCUT2D eigenvalue weighted by Gasteiger charge is 2.38. The molecule has 0 saturated heterocycles. The normalized spacial score (nSPS) is 19.3. The predicted octanol–water partition coefficient (Wildman–Crippen LogP) is 3.17. The lowest BCUT2D eigenvalue weighted by molar-refractivity contribution is -0.120. The van der Waals surface area contributed by atoms with Gasteiger partial charge in [-0.2, -0.15) is 9.49 Å². The molecular formula is C17H21FN4O3S2. The van der Waals surface area contributed by atoms with Crippen LogP contribution in [0.25, 0.3) is 0 Å². The molecule has 0 aliphatic heterocycles. The van der Waals surface area contributed by atoms with Crippen LogP contribution >= 0.6 is 11.3 Å². The zero-order valence-electron chi connectivity index (χ0n) is 14.7. The number of thiazole rings is 1. The largest absolute Gasteiger partial charge is 0.300 e. The Bertz CT molecular complexity index is 930. The molecule has 0 aromatic carbocycles. The molecule has 7 nitrogen and oxygen atoms in total. The van der Waals surface area contributed by atoms with Gasteiger partial charge in [0, 0.05) is 6.20 Å². The summed E-state index contributed by atoms with van der Waals surface area (Å²) in [6.07, 6.45) is 10.1. The van der Waals surface area contributed by atoms with Crippen LogP contribution in [-0.2, 0) is 14.6 Å². The summed E-state index contributed by atoms with van der Waals surface area (Å²) in [5.74, 6) is 0.0381. The molecule has 2 heterocycles. The van der Waals surface area contributed by atoms with Crippen molar-refractivity contribution in [2.45, 2.75) is 61.1 Å². The standard InChI is InChI=1S/C17H21FN4O3S2/c18-15-9-19-17(26-15)21-16(23)14(7-11-3-1-2-4-11)22-10-13(8-20-22)27(24,25)12-5-6-12/h8-12,14H,1-7H2,(H,19,21,23)/t14-/m0/s1. The van der Waals surface area contributed by atoms with Crippen LogP contribution in [-0.4, -0.2) is 34.3 Å². The molecule has 1 N–H and O–H groups in total. The molecule has 2 aliphatic rings. The van der Waals surface area contributed by atoms with Gasteiger partial charge in [-0.3, -0.25) is 9.48 Å². The van der Waals surface area contributed by atoms with E-state index in [1.165, 1.54) is 17.1 Å². The Balaban J connectivity index is 1.57. The van der Waals surface area contributed by atoms with Crippen LogP contribution in [0, 0.1) is 11.0 Å². The molecule has 4 rings (SSSR count). The van der Waals surface area contributed by atoms with Crippen LogP contribution in [0.1, 0.15) is 51.0 Å². The minimum atomic E-state index is -3.36. The lowest BCUT2D eigenvalue weighted by Crippen LogP contribution is -2.28. The number of carbonyl (C=O) groups is 1. The van der Waals surface area contributed by atoms with E-state index in [2.05, 4.69) is 15.4 Å². The number of nitrogens with zero attached hydrogens (tertiary/aromatic N) is 3. The van der Waals surface area contributed by atoms with Crippen molar-refractivity contribution in [2.75, 3.05) is 5.32 Å². The molecule has 2 aromatic rings. The number of hydrogen-bond acceptors (Lipinski definition) is 6. The maximum absolute atomic E-state index is 13.2. The molecule has 1 atom stereocenters. The minimum absolute atomic E-state index is 0.162. The van der Waals surface area contributed by atoms with E-state index in [4.69, 9.17) is 0 Å². The summed E-state index contributed by atoms with van der Waals surface area (Å²) in [6, 6.07) is -0.650. The maximum Gasteiger partial charge on any atom is 0.251 e. The monoisotopic (exact) mass is 412 g/mol. The first-order chi connectivity index (χ1) is 12.9. The third-order valence-corrected chi connectivity index (χ3v) is 8.15. The molecule has 0 spiro atoms. The van der Waals surface area contributed by atoms with Gasteiger partial charge in [0.15, 0.2) is 20.1 Å². The van der Waals surface area contributed by atoms with Gasteiger partial charge < -0.3 is 5.32 Å². The van der Waals surface area contributed by atoms with Crippen LogP contribution in [0.15, 0.2) is 23.5 Å². The van der Waals surface area contributed by atoms with Crippen LogP contribution in [0.2, 0.25) is 0 Å². The molecule has 1 amide bonds. The van der Waals surface area contributed by atoms with Crippen molar-refractivity contribution in [3.05, 3.63) is 23.7 Å². The van der Waals surface area contributed by atoms with E-state index in [1.807, 2.05) is 0 Å². The van der Waals surface area contributed by atoms with Gasteiger partial charge in [-0.1, -0.05) is 37.0 Å². The number of amides is 1. The number of nitrogens with one attached hydrogen (secondary N) is 1. The van der Waals surface area contributed by atoms with E-state index >= 15 is 0 Å². The summed E-state index contributed by atoms with van der Waals surface area (Å²) in [7, 11) is -3.36. The SMILES string of the molecule is O=C(Nc1ncc(F)s1)[C@H](CC1CCCC1)n1cc(S(=O)(=O)C2CC2)cn1. The van der Waals surface area contributed by atoms with E-state index in [-0.39, 0.29) is 21.2 Å². The fourth-order valence-corrected chi connectivity index (χ4v) is 5.74. The van der Waals surface area contributed by atoms with Crippen LogP contribution in [0.3, 0.4) is 0 Å². The second-order valence-corrected chi connectivity index (χ2v) is 10.5. The number of halogens is 1. The van der Waals surface area contributed by atoms with Crippen molar-refractivity contribution in [2.24, 2.45) is 5.92 Å². The van der Waals surface area contributed by atoms with Crippen molar-refractivity contribution in [3.8, 4) is 0 Å². The first-order valence-electron chi connectivity index (χ1n) is 9.14. The molecule has 2 fully saturated rings. The second-order valence-electron chi connectivity index (χ2n) is 7.26. The summed E-state index contributed by atoms with van der Waals surface area (Å²) >= 11 is 0.758. The minimum Gasteiger partial charge on any atom is -0.300 e. The van der Waals surface area contributed by atoms with Crippen LogP contribution < -0.4 is 5.32 Å². The third kappa shape index (κ3) is 4.06. The molecule has 10 heteroatoms. The Labute approximate surface area is 160 Å². The molecule has 2 saturated carbocycles. The Morgan fingerprint density at radius 1 is 1.30 bits per heavy atom. The number of anilines is 1. The first-order valence-corrected chi connectivity index (χ1v) is 11.5. The highest BCUT2D eigenvalue weighted by molar-refractivity contribution is 7.92. The zero-order chi connectivity index (χ0) is 19.0. The van der Waals surface area contributed by atoms with Gasteiger partial charge >= 0.3 is 0 Å². The summed E-state index contributed by atoms with van der Waals surface area (Å²) in [5, 5.41) is 6.21. The van der Waals surface area contributed by atoms with Crippen LogP contribution in [0.4, 0.5) is 9.52 Å². The van der Waals surface area contributed by atoms with E-state index in [0.29, 0.717) is 25.2 Å². The number of rotatable bonds is 7. The molecule has 2 aromatic heterocycles. The molecule has 146 valence electrons. The fraction of sp³-hybridized carbons (Fsp3) is 0.588. The van der Waals surface area contributed by atoms with E-state index in [1.54, 1.807) is 0 Å². The van der Waals surface area contributed by atoms with Crippen molar-refractivity contribution >= 4 is 32.2 Å². The topological polar surface area (TPSA) is 94.0 Å². The van der Waals surface area contributed by atoms with Gasteiger partial charge in [0.2, 0.25) is 0 Å². The Morgan fingerprint density at radius 2 is 2.04 bits per heavy atom. The molecule has 0 radical (unpaired) electrons. The highest BCUT2D eigenvalue weighted by atomic mass is 32.2. The molecule has 0 unspecified atom stereocenters. The summed E-state index contributed by atoms with van der Waals surface area (Å²) < 4.78 is 39.5. The zero-order valence-corrected chi connectivity index (χ0v) is 16.3. The number of carbonyl (C=O) groups excluding carboxylic acids is 1. The van der Waals surface area contributed by atoms with Crippen LogP contribution in [0.5, 0.6) is 0 Å². The van der Waals surface area contributed by atoms with Gasteiger partial charge in [0.05, 0.1) is 17.6 Å². The Hall–Kier alpha value is -1.81. The number of sulfone groups is 1. The molecule has 0 bridgehead atoms. The van der Waals surface area contributed by atoms with Gasteiger partial charge in [0.25, 0.3) is 5.91 Å². The van der Waals surface area contributed by atoms with Gasteiger partial charge in [0.1, 0.15) is 10.9 Å². The highest BCUT2D eigenvalue weighted by Crippen LogP contribution is 2.35. The van der Waals surface area contributed by atoms with Crippen molar-refractivity contribution in [1.82, 2.24) is 14.8 Å². The molecule has 27 heavy (non-hydrogen) atoms. The molecular weight excluding hydrogens is 391 g/mol. The summed E-state index contributed by atoms with van der Waals surface area (Å²) in [5.41, 5.74) is 0. The quantitative estimate of drug-likeness (QED) is 0.754. The Kier molecular flexibility index (Phi) is 5.02. The van der Waals surface area contributed by atoms with Gasteiger partial charge in [-0.05, 0) is 25.2 Å². The van der Waals surface area contributed by atoms with Gasteiger partial charge in [-0.25, -0.2) is 13.4 Å². The lowest BCUT2D eigenvalue weighted by Gasteiger charge is -2.20. The van der Waals surface area contributed by atoms with Gasteiger partial charge in [-0.15, -0.1) is 0 Å². The van der Waals surface area contributed by atoms with Crippen molar-refractivity contribution < 1.29 is 17.6 Å². The average Bonchev–Trinajstić information content (AvgIpc) is 3.01. The maximum atomic E-state index is 13.2. The summed E-state index contributed by atoms with van der Waals surface area (Å²) in [4.78, 5) is 16.8. The molecule has 2 aliphatic carbocycles. The van der Waals surface area contributed by atoms with E-state index in [0.717, 1.165) is 43.2 Å². The predicted molar refractivity (Wildman–Crippen MR) is 98.7 cm³/mol. The van der Waals surface area contributed by atoms with E-state index < -0.39 is 21.0 Å². The van der Waals surface area contributed by atoms with E-state index in [9.17, 15) is 17.6 Å². The number of aromatic nitrogens is 3. The fourth-order valence-electron chi connectivity index (χ4n) is 3.61. The van der Waals surface area contributed by atoms with Crippen molar-refractivity contribution in [1.29, 1.82) is 0 Å². The second kappa shape index (κ2) is 7.31. The Morgan fingerprint density at radius 3 is 2.67 bits per heavy atom. The first kappa shape index (κ1) is 18.5. The smallest absolute Gasteiger partial charge is 0.251 e. The average molecular weight is 413 g/mol. The summed E-state index contributed by atoms with van der Waals surface area (Å²) in [6.45, 7) is 0. The lowest BCUT2D eigenvalue weighted by atomic mass is 9.98. The number of hydrogen-bond donors (Lipinski definition) is 1. The third-order valence-electron chi connectivity index (χ3n) is 5.23. The van der Waals surface area contributed by atoms with Crippen molar-refractivity contribution in [3.63, 3.8) is 0 Å².